The zero-order chi connectivity index (χ0) is 25.7. The van der Waals surface area contributed by atoms with Crippen molar-refractivity contribution in [2.45, 2.75) is 39.7 Å². The molecule has 190 valence electrons. The van der Waals surface area contributed by atoms with Crippen molar-refractivity contribution in [3.8, 4) is 5.75 Å². The van der Waals surface area contributed by atoms with Gasteiger partial charge in [0.1, 0.15) is 13.2 Å². The van der Waals surface area contributed by atoms with Gasteiger partial charge in [-0.2, -0.15) is 0 Å². The summed E-state index contributed by atoms with van der Waals surface area (Å²) in [6, 6.07) is 15.4. The molecule has 0 N–H and O–H groups in total. The van der Waals surface area contributed by atoms with Gasteiger partial charge in [0, 0.05) is 23.5 Å². The molecular formula is C29H33FN2O3S. The minimum atomic E-state index is -0.430. The fourth-order valence-corrected chi connectivity index (χ4v) is 5.47. The standard InChI is InChI=1S/C29H33FN2O3S/c1-4-20(2)17-31(29(34)22-9-7-8-21(3)16-22)18-28(33)32-14-12-27-23(13-15-36-27)25(32)19-35-26-11-6-5-10-24(26)30/h5-11,13,15-16,20,25H,4,12,14,17-19H2,1-3H3. The van der Waals surface area contributed by atoms with E-state index in [-0.39, 0.29) is 42.7 Å². The highest BCUT2D eigenvalue weighted by molar-refractivity contribution is 7.10. The number of carbonyl (C=O) groups excluding carboxylic acids is 2. The third kappa shape index (κ3) is 5.95. The third-order valence-electron chi connectivity index (χ3n) is 6.76. The Morgan fingerprint density at radius 3 is 2.75 bits per heavy atom. The molecule has 2 heterocycles. The lowest BCUT2D eigenvalue weighted by Crippen LogP contribution is -2.48. The molecule has 36 heavy (non-hydrogen) atoms. The molecule has 4 rings (SSSR count). The van der Waals surface area contributed by atoms with Crippen molar-refractivity contribution in [2.75, 3.05) is 26.2 Å². The van der Waals surface area contributed by atoms with Crippen molar-refractivity contribution in [3.63, 3.8) is 0 Å². The van der Waals surface area contributed by atoms with E-state index in [9.17, 15) is 14.0 Å². The van der Waals surface area contributed by atoms with Crippen LogP contribution in [-0.2, 0) is 11.2 Å². The maximum Gasteiger partial charge on any atom is 0.254 e. The Balaban J connectivity index is 1.55. The summed E-state index contributed by atoms with van der Waals surface area (Å²) in [7, 11) is 0. The average Bonchev–Trinajstić information content (AvgIpc) is 3.36. The van der Waals surface area contributed by atoms with Crippen molar-refractivity contribution in [2.24, 2.45) is 5.92 Å². The van der Waals surface area contributed by atoms with Crippen LogP contribution in [-0.4, -0.2) is 47.9 Å². The lowest BCUT2D eigenvalue weighted by Gasteiger charge is -2.37. The van der Waals surface area contributed by atoms with E-state index in [0.717, 1.165) is 24.0 Å². The molecule has 0 aliphatic carbocycles. The van der Waals surface area contributed by atoms with Gasteiger partial charge in [-0.3, -0.25) is 9.59 Å². The SMILES string of the molecule is CCC(C)CN(CC(=O)N1CCc2sccc2C1COc1ccccc1F)C(=O)c1cccc(C)c1. The number of carbonyl (C=O) groups is 2. The largest absolute Gasteiger partial charge is 0.488 e. The smallest absolute Gasteiger partial charge is 0.254 e. The lowest BCUT2D eigenvalue weighted by atomic mass is 10.00. The predicted molar refractivity (Wildman–Crippen MR) is 141 cm³/mol. The first kappa shape index (κ1) is 25.9. The fraction of sp³-hybridized carbons (Fsp3) is 0.379. The van der Waals surface area contributed by atoms with Crippen LogP contribution in [0.3, 0.4) is 0 Å². The summed E-state index contributed by atoms with van der Waals surface area (Å²) < 4.78 is 20.0. The van der Waals surface area contributed by atoms with Crippen molar-refractivity contribution < 1.29 is 18.7 Å². The van der Waals surface area contributed by atoms with Gasteiger partial charge in [0.05, 0.1) is 6.04 Å². The number of aryl methyl sites for hydroxylation is 1. The normalized spacial score (nSPS) is 15.8. The molecule has 2 aromatic carbocycles. The number of nitrogens with zero attached hydrogens (tertiary/aromatic N) is 2. The van der Waals surface area contributed by atoms with E-state index >= 15 is 0 Å². The van der Waals surface area contributed by atoms with Gasteiger partial charge >= 0.3 is 0 Å². The first-order valence-electron chi connectivity index (χ1n) is 12.5. The van der Waals surface area contributed by atoms with Gasteiger partial charge in [-0.25, -0.2) is 4.39 Å². The summed E-state index contributed by atoms with van der Waals surface area (Å²) in [6.07, 6.45) is 1.67. The number of amides is 2. The second-order valence-electron chi connectivity index (χ2n) is 9.46. The number of fused-ring (bicyclic) bond motifs is 1. The van der Waals surface area contributed by atoms with Gasteiger partial charge in [-0.05, 0) is 60.5 Å². The number of benzene rings is 2. The van der Waals surface area contributed by atoms with Crippen molar-refractivity contribution in [1.82, 2.24) is 9.80 Å². The van der Waals surface area contributed by atoms with Crippen LogP contribution < -0.4 is 4.74 Å². The molecule has 5 nitrogen and oxygen atoms in total. The van der Waals surface area contributed by atoms with E-state index in [4.69, 9.17) is 4.74 Å². The van der Waals surface area contributed by atoms with E-state index < -0.39 is 5.82 Å². The van der Waals surface area contributed by atoms with Crippen molar-refractivity contribution in [3.05, 3.63) is 87.4 Å². The highest BCUT2D eigenvalue weighted by Crippen LogP contribution is 2.34. The molecule has 0 spiro atoms. The average molecular weight is 509 g/mol. The monoisotopic (exact) mass is 508 g/mol. The van der Waals surface area contributed by atoms with Crippen LogP contribution in [0.5, 0.6) is 5.75 Å². The maximum absolute atomic E-state index is 14.2. The zero-order valence-corrected chi connectivity index (χ0v) is 21.9. The Bertz CT molecular complexity index is 1210. The van der Waals surface area contributed by atoms with Crippen molar-refractivity contribution in [1.29, 1.82) is 0 Å². The molecule has 0 saturated carbocycles. The molecule has 1 aliphatic rings. The van der Waals surface area contributed by atoms with Crippen LogP contribution in [0, 0.1) is 18.7 Å². The lowest BCUT2D eigenvalue weighted by molar-refractivity contribution is -0.135. The van der Waals surface area contributed by atoms with Gasteiger partial charge in [-0.15, -0.1) is 11.3 Å². The molecule has 1 aliphatic heterocycles. The first-order valence-corrected chi connectivity index (χ1v) is 13.3. The highest BCUT2D eigenvalue weighted by Gasteiger charge is 2.34. The van der Waals surface area contributed by atoms with Gasteiger partial charge in [-0.1, -0.05) is 50.1 Å². The van der Waals surface area contributed by atoms with Crippen LogP contribution in [0.1, 0.15) is 52.7 Å². The fourth-order valence-electron chi connectivity index (χ4n) is 4.54. The van der Waals surface area contributed by atoms with Gasteiger partial charge in [0.15, 0.2) is 11.6 Å². The molecule has 0 radical (unpaired) electrons. The molecule has 0 saturated heterocycles. The first-order chi connectivity index (χ1) is 17.4. The van der Waals surface area contributed by atoms with Gasteiger partial charge < -0.3 is 14.5 Å². The molecule has 2 amide bonds. The van der Waals surface area contributed by atoms with Crippen LogP contribution in [0.15, 0.2) is 60.0 Å². The summed E-state index contributed by atoms with van der Waals surface area (Å²) in [5, 5.41) is 2.02. The molecule has 2 atom stereocenters. The van der Waals surface area contributed by atoms with Crippen LogP contribution in [0.4, 0.5) is 4.39 Å². The molecule has 7 heteroatoms. The Hall–Kier alpha value is -3.19. The Kier molecular flexibility index (Phi) is 8.41. The van der Waals surface area contributed by atoms with Crippen LogP contribution >= 0.6 is 11.3 Å². The number of halogens is 1. The number of hydrogen-bond donors (Lipinski definition) is 0. The molecule has 2 unspecified atom stereocenters. The van der Waals surface area contributed by atoms with E-state index in [2.05, 4.69) is 13.8 Å². The quantitative estimate of drug-likeness (QED) is 0.362. The Labute approximate surface area is 216 Å². The van der Waals surface area contributed by atoms with E-state index in [1.165, 1.54) is 10.9 Å². The molecule has 1 aromatic heterocycles. The zero-order valence-electron chi connectivity index (χ0n) is 21.1. The summed E-state index contributed by atoms with van der Waals surface area (Å²) in [4.78, 5) is 31.8. The summed E-state index contributed by atoms with van der Waals surface area (Å²) >= 11 is 1.66. The number of rotatable bonds is 9. The maximum atomic E-state index is 14.2. The number of hydrogen-bond acceptors (Lipinski definition) is 4. The topological polar surface area (TPSA) is 49.9 Å². The molecule has 0 bridgehead atoms. The molecular weight excluding hydrogens is 475 g/mol. The minimum absolute atomic E-state index is 0.00716. The van der Waals surface area contributed by atoms with Crippen LogP contribution in [0.2, 0.25) is 0 Å². The summed E-state index contributed by atoms with van der Waals surface area (Å²) in [5.74, 6) is -0.268. The number of ether oxygens (including phenoxy) is 1. The van der Waals surface area contributed by atoms with Crippen molar-refractivity contribution >= 4 is 23.2 Å². The summed E-state index contributed by atoms with van der Waals surface area (Å²) in [6.45, 7) is 7.30. The number of para-hydroxylation sites is 1. The third-order valence-corrected chi connectivity index (χ3v) is 7.75. The second-order valence-corrected chi connectivity index (χ2v) is 10.5. The van der Waals surface area contributed by atoms with E-state index in [1.807, 2.05) is 36.6 Å². The number of thiophene rings is 1. The second kappa shape index (κ2) is 11.7. The molecule has 0 fully saturated rings. The Morgan fingerprint density at radius 2 is 2.00 bits per heavy atom. The highest BCUT2D eigenvalue weighted by atomic mass is 32.1. The minimum Gasteiger partial charge on any atom is -0.488 e. The van der Waals surface area contributed by atoms with Gasteiger partial charge in [0.2, 0.25) is 5.91 Å². The van der Waals surface area contributed by atoms with E-state index in [0.29, 0.717) is 18.7 Å². The Morgan fingerprint density at radius 1 is 1.19 bits per heavy atom. The predicted octanol–water partition coefficient (Wildman–Crippen LogP) is 5.89. The summed E-state index contributed by atoms with van der Waals surface area (Å²) in [5.41, 5.74) is 2.63. The molecule has 3 aromatic rings. The van der Waals surface area contributed by atoms with Gasteiger partial charge in [0.25, 0.3) is 5.91 Å². The van der Waals surface area contributed by atoms with Crippen LogP contribution in [0.25, 0.3) is 0 Å². The van der Waals surface area contributed by atoms with E-state index in [1.54, 1.807) is 45.4 Å².